The van der Waals surface area contributed by atoms with Gasteiger partial charge in [0.05, 0.1) is 17.4 Å². The van der Waals surface area contributed by atoms with Gasteiger partial charge in [0, 0.05) is 19.2 Å². The number of hydrogen-bond acceptors (Lipinski definition) is 6. The SMILES string of the molecule is Cc1cc(CN(C)Cc2ccc3nsnc3c2)no1. The van der Waals surface area contributed by atoms with Crippen molar-refractivity contribution in [3.05, 3.63) is 41.3 Å². The van der Waals surface area contributed by atoms with E-state index in [4.69, 9.17) is 4.52 Å². The maximum atomic E-state index is 5.07. The van der Waals surface area contributed by atoms with Crippen LogP contribution >= 0.6 is 11.7 Å². The molecule has 2 aromatic heterocycles. The van der Waals surface area contributed by atoms with Crippen molar-refractivity contribution in [2.45, 2.75) is 20.0 Å². The lowest BCUT2D eigenvalue weighted by Crippen LogP contribution is -2.17. The van der Waals surface area contributed by atoms with E-state index in [9.17, 15) is 0 Å². The van der Waals surface area contributed by atoms with Crippen molar-refractivity contribution < 1.29 is 4.52 Å². The van der Waals surface area contributed by atoms with Crippen LogP contribution in [0.15, 0.2) is 28.8 Å². The second-order valence-electron chi connectivity index (χ2n) is 4.69. The van der Waals surface area contributed by atoms with Crippen LogP contribution in [0.25, 0.3) is 11.0 Å². The Kier molecular flexibility index (Phi) is 3.27. The van der Waals surface area contributed by atoms with Gasteiger partial charge in [-0.25, -0.2) is 0 Å². The van der Waals surface area contributed by atoms with Crippen molar-refractivity contribution in [1.82, 2.24) is 18.8 Å². The second kappa shape index (κ2) is 5.07. The van der Waals surface area contributed by atoms with Crippen molar-refractivity contribution in [2.24, 2.45) is 0 Å². The Morgan fingerprint density at radius 2 is 2.00 bits per heavy atom. The number of fused-ring (bicyclic) bond motifs is 1. The molecule has 6 heteroatoms. The Bertz CT molecular complexity index is 691. The van der Waals surface area contributed by atoms with Gasteiger partial charge in [-0.1, -0.05) is 11.2 Å². The van der Waals surface area contributed by atoms with Crippen molar-refractivity contribution >= 4 is 22.8 Å². The molecular formula is C13H14N4OS. The van der Waals surface area contributed by atoms with E-state index in [0.717, 1.165) is 35.6 Å². The highest BCUT2D eigenvalue weighted by molar-refractivity contribution is 7.00. The molecule has 0 fully saturated rings. The van der Waals surface area contributed by atoms with Crippen LogP contribution in [0.5, 0.6) is 0 Å². The first-order valence-corrected chi connectivity index (χ1v) is 6.76. The fraction of sp³-hybridized carbons (Fsp3) is 0.308. The van der Waals surface area contributed by atoms with E-state index >= 15 is 0 Å². The molecule has 1 aromatic carbocycles. The molecular weight excluding hydrogens is 260 g/mol. The number of aryl methyl sites for hydroxylation is 1. The molecule has 0 amide bonds. The Labute approximate surface area is 115 Å². The van der Waals surface area contributed by atoms with Gasteiger partial charge in [0.25, 0.3) is 0 Å². The summed E-state index contributed by atoms with van der Waals surface area (Å²) in [6, 6.07) is 8.16. The van der Waals surface area contributed by atoms with Gasteiger partial charge in [-0.3, -0.25) is 4.90 Å². The van der Waals surface area contributed by atoms with Gasteiger partial charge in [-0.05, 0) is 31.7 Å². The van der Waals surface area contributed by atoms with Gasteiger partial charge in [0.2, 0.25) is 0 Å². The minimum Gasteiger partial charge on any atom is -0.361 e. The zero-order chi connectivity index (χ0) is 13.2. The molecule has 3 rings (SSSR count). The third-order valence-electron chi connectivity index (χ3n) is 2.88. The molecule has 0 aliphatic heterocycles. The first kappa shape index (κ1) is 12.3. The van der Waals surface area contributed by atoms with Crippen LogP contribution in [-0.2, 0) is 13.1 Å². The summed E-state index contributed by atoms with van der Waals surface area (Å²) >= 11 is 1.25. The number of nitrogens with zero attached hydrogens (tertiary/aromatic N) is 4. The smallest absolute Gasteiger partial charge is 0.133 e. The monoisotopic (exact) mass is 274 g/mol. The average Bonchev–Trinajstić information content (AvgIpc) is 2.97. The van der Waals surface area contributed by atoms with Crippen LogP contribution in [0.3, 0.4) is 0 Å². The summed E-state index contributed by atoms with van der Waals surface area (Å²) in [5, 5.41) is 4.00. The molecule has 0 unspecified atom stereocenters. The second-order valence-corrected chi connectivity index (χ2v) is 5.22. The van der Waals surface area contributed by atoms with Crippen LogP contribution in [0, 0.1) is 6.92 Å². The number of rotatable bonds is 4. The molecule has 19 heavy (non-hydrogen) atoms. The first-order chi connectivity index (χ1) is 9.20. The van der Waals surface area contributed by atoms with E-state index in [2.05, 4.69) is 38.0 Å². The predicted octanol–water partition coefficient (Wildman–Crippen LogP) is 2.62. The lowest BCUT2D eigenvalue weighted by atomic mass is 10.2. The maximum absolute atomic E-state index is 5.07. The van der Waals surface area contributed by atoms with Crippen LogP contribution in [0.2, 0.25) is 0 Å². The van der Waals surface area contributed by atoms with Crippen LogP contribution < -0.4 is 0 Å². The summed E-state index contributed by atoms with van der Waals surface area (Å²) in [7, 11) is 2.06. The summed E-state index contributed by atoms with van der Waals surface area (Å²) in [6.07, 6.45) is 0. The zero-order valence-electron chi connectivity index (χ0n) is 10.8. The summed E-state index contributed by atoms with van der Waals surface area (Å²) in [4.78, 5) is 2.19. The largest absolute Gasteiger partial charge is 0.361 e. The summed E-state index contributed by atoms with van der Waals surface area (Å²) in [5.41, 5.74) is 4.11. The predicted molar refractivity (Wildman–Crippen MR) is 73.8 cm³/mol. The normalized spacial score (nSPS) is 11.5. The number of benzene rings is 1. The van der Waals surface area contributed by atoms with E-state index in [0.29, 0.717) is 0 Å². The summed E-state index contributed by atoms with van der Waals surface area (Å²) in [6.45, 7) is 3.52. The molecule has 0 atom stereocenters. The molecule has 0 bridgehead atoms. The molecule has 0 N–H and O–H groups in total. The molecule has 3 aromatic rings. The van der Waals surface area contributed by atoms with Gasteiger partial charge in [-0.2, -0.15) is 8.75 Å². The molecule has 0 spiro atoms. The van der Waals surface area contributed by atoms with E-state index < -0.39 is 0 Å². The van der Waals surface area contributed by atoms with Crippen LogP contribution in [0.4, 0.5) is 0 Å². The molecule has 5 nitrogen and oxygen atoms in total. The zero-order valence-corrected chi connectivity index (χ0v) is 11.6. The molecule has 0 saturated heterocycles. The minimum absolute atomic E-state index is 0.769. The molecule has 98 valence electrons. The summed E-state index contributed by atoms with van der Waals surface area (Å²) < 4.78 is 13.5. The van der Waals surface area contributed by atoms with E-state index in [1.807, 2.05) is 19.1 Å². The fourth-order valence-electron chi connectivity index (χ4n) is 2.06. The topological polar surface area (TPSA) is 55.1 Å². The van der Waals surface area contributed by atoms with Gasteiger partial charge in [0.1, 0.15) is 16.8 Å². The average molecular weight is 274 g/mol. The van der Waals surface area contributed by atoms with Crippen molar-refractivity contribution in [3.63, 3.8) is 0 Å². The van der Waals surface area contributed by atoms with Gasteiger partial charge in [-0.15, -0.1) is 0 Å². The van der Waals surface area contributed by atoms with Crippen LogP contribution in [-0.4, -0.2) is 25.9 Å². The molecule has 0 aliphatic rings. The molecule has 0 radical (unpaired) electrons. The molecule has 2 heterocycles. The Morgan fingerprint density at radius 3 is 2.79 bits per heavy atom. The Hall–Kier alpha value is -1.79. The van der Waals surface area contributed by atoms with Gasteiger partial charge in [0.15, 0.2) is 0 Å². The molecule has 0 saturated carbocycles. The third-order valence-corrected chi connectivity index (χ3v) is 3.44. The van der Waals surface area contributed by atoms with E-state index in [1.165, 1.54) is 17.3 Å². The van der Waals surface area contributed by atoms with Gasteiger partial charge >= 0.3 is 0 Å². The lowest BCUT2D eigenvalue weighted by Gasteiger charge is -2.14. The van der Waals surface area contributed by atoms with Crippen molar-refractivity contribution in [1.29, 1.82) is 0 Å². The standard InChI is InChI=1S/C13H14N4OS/c1-9-5-11(14-18-9)8-17(2)7-10-3-4-12-13(6-10)16-19-15-12/h3-6H,7-8H2,1-2H3. The third kappa shape index (κ3) is 2.80. The fourth-order valence-corrected chi connectivity index (χ4v) is 2.58. The van der Waals surface area contributed by atoms with E-state index in [1.54, 1.807) is 0 Å². The number of hydrogen-bond donors (Lipinski definition) is 0. The highest BCUT2D eigenvalue weighted by atomic mass is 32.1. The van der Waals surface area contributed by atoms with Crippen molar-refractivity contribution in [3.8, 4) is 0 Å². The van der Waals surface area contributed by atoms with E-state index in [-0.39, 0.29) is 0 Å². The quantitative estimate of drug-likeness (QED) is 0.732. The minimum atomic E-state index is 0.769. The summed E-state index contributed by atoms with van der Waals surface area (Å²) in [5.74, 6) is 0.846. The van der Waals surface area contributed by atoms with Crippen LogP contribution in [0.1, 0.15) is 17.0 Å². The Balaban J connectivity index is 1.69. The lowest BCUT2D eigenvalue weighted by molar-refractivity contribution is 0.302. The van der Waals surface area contributed by atoms with Gasteiger partial charge < -0.3 is 4.52 Å². The molecule has 0 aliphatic carbocycles. The maximum Gasteiger partial charge on any atom is 0.133 e. The highest BCUT2D eigenvalue weighted by Crippen LogP contribution is 2.15. The van der Waals surface area contributed by atoms with Crippen molar-refractivity contribution in [2.75, 3.05) is 7.05 Å². The number of aromatic nitrogens is 3. The Morgan fingerprint density at radius 1 is 1.16 bits per heavy atom. The first-order valence-electron chi connectivity index (χ1n) is 6.02. The highest BCUT2D eigenvalue weighted by Gasteiger charge is 2.07.